The van der Waals surface area contributed by atoms with Crippen LogP contribution >= 0.6 is 15.9 Å². The molecule has 0 unspecified atom stereocenters. The summed E-state index contributed by atoms with van der Waals surface area (Å²) in [4.78, 5) is 0. The minimum Gasteiger partial charge on any atom is -0.244 e. The fourth-order valence-corrected chi connectivity index (χ4v) is 1.34. The minimum atomic E-state index is 0.747. The first kappa shape index (κ1) is 7.49. The van der Waals surface area contributed by atoms with Gasteiger partial charge in [-0.05, 0) is 17.3 Å². The van der Waals surface area contributed by atoms with E-state index in [2.05, 4.69) is 30.9 Å². The van der Waals surface area contributed by atoms with Crippen molar-refractivity contribution in [2.24, 2.45) is 0 Å². The van der Waals surface area contributed by atoms with Crippen molar-refractivity contribution in [3.8, 4) is 11.3 Å². The molecule has 2 rings (SSSR count). The molecule has 0 amide bonds. The standard InChI is InChI=1S/C8H5BrN2O/c9-7-3-1-2-6(4-7)8-5-10-12-11-8/h1-5H. The van der Waals surface area contributed by atoms with Crippen LogP contribution in [0.5, 0.6) is 0 Å². The third-order valence-electron chi connectivity index (χ3n) is 1.48. The van der Waals surface area contributed by atoms with Crippen molar-refractivity contribution in [3.05, 3.63) is 34.9 Å². The Morgan fingerprint density at radius 1 is 1.33 bits per heavy atom. The zero-order chi connectivity index (χ0) is 8.39. The molecule has 0 atom stereocenters. The summed E-state index contributed by atoms with van der Waals surface area (Å²) in [6, 6.07) is 7.80. The Balaban J connectivity index is 2.48. The lowest BCUT2D eigenvalue weighted by Crippen LogP contribution is -1.75. The molecule has 0 saturated carbocycles. The zero-order valence-electron chi connectivity index (χ0n) is 6.07. The van der Waals surface area contributed by atoms with Crippen molar-refractivity contribution in [2.45, 2.75) is 0 Å². The van der Waals surface area contributed by atoms with Gasteiger partial charge in [-0.15, -0.1) is 0 Å². The molecule has 1 heterocycles. The maximum absolute atomic E-state index is 4.49. The van der Waals surface area contributed by atoms with Crippen LogP contribution in [0.25, 0.3) is 11.3 Å². The van der Waals surface area contributed by atoms with Crippen LogP contribution in [-0.2, 0) is 0 Å². The average molecular weight is 225 g/mol. The highest BCUT2D eigenvalue weighted by molar-refractivity contribution is 9.10. The number of hydrogen-bond donors (Lipinski definition) is 0. The van der Waals surface area contributed by atoms with Gasteiger partial charge in [0.2, 0.25) is 0 Å². The first-order valence-corrected chi connectivity index (χ1v) is 4.19. The molecule has 1 aromatic carbocycles. The van der Waals surface area contributed by atoms with E-state index in [0.717, 1.165) is 15.7 Å². The highest BCUT2D eigenvalue weighted by Crippen LogP contribution is 2.19. The molecule has 0 fully saturated rings. The lowest BCUT2D eigenvalue weighted by molar-refractivity contribution is 0.308. The van der Waals surface area contributed by atoms with Crippen LogP contribution in [0.2, 0.25) is 0 Å². The van der Waals surface area contributed by atoms with Crippen LogP contribution in [-0.4, -0.2) is 10.3 Å². The van der Waals surface area contributed by atoms with E-state index in [1.165, 1.54) is 0 Å². The molecule has 0 aliphatic carbocycles. The largest absolute Gasteiger partial charge is 0.244 e. The first-order chi connectivity index (χ1) is 5.86. The molecule has 0 aliphatic heterocycles. The van der Waals surface area contributed by atoms with Gasteiger partial charge in [-0.2, -0.15) is 0 Å². The Bertz CT molecular complexity index is 372. The summed E-state index contributed by atoms with van der Waals surface area (Å²) in [7, 11) is 0. The minimum absolute atomic E-state index is 0.747. The second kappa shape index (κ2) is 3.06. The third-order valence-corrected chi connectivity index (χ3v) is 1.97. The van der Waals surface area contributed by atoms with E-state index >= 15 is 0 Å². The molecule has 0 spiro atoms. The molecular weight excluding hydrogens is 220 g/mol. The number of aromatic nitrogens is 2. The number of hydrogen-bond acceptors (Lipinski definition) is 3. The number of rotatable bonds is 1. The Hall–Kier alpha value is -1.16. The van der Waals surface area contributed by atoms with Crippen molar-refractivity contribution < 1.29 is 4.63 Å². The van der Waals surface area contributed by atoms with E-state index < -0.39 is 0 Å². The molecule has 3 nitrogen and oxygen atoms in total. The van der Waals surface area contributed by atoms with Crippen molar-refractivity contribution in [2.75, 3.05) is 0 Å². The van der Waals surface area contributed by atoms with Crippen molar-refractivity contribution in [1.29, 1.82) is 0 Å². The fraction of sp³-hybridized carbons (Fsp3) is 0. The van der Waals surface area contributed by atoms with E-state index in [9.17, 15) is 0 Å². The van der Waals surface area contributed by atoms with Crippen LogP contribution in [0.15, 0.2) is 39.6 Å². The van der Waals surface area contributed by atoms with E-state index in [-0.39, 0.29) is 0 Å². The summed E-state index contributed by atoms with van der Waals surface area (Å²) in [5, 5.41) is 7.25. The van der Waals surface area contributed by atoms with Crippen LogP contribution in [0, 0.1) is 0 Å². The quantitative estimate of drug-likeness (QED) is 0.748. The SMILES string of the molecule is Brc1cccc(-c2cnon2)c1. The predicted octanol–water partition coefficient (Wildman–Crippen LogP) is 2.50. The lowest BCUT2D eigenvalue weighted by atomic mass is 10.2. The molecule has 0 saturated heterocycles. The van der Waals surface area contributed by atoms with E-state index in [1.54, 1.807) is 6.20 Å². The number of benzene rings is 1. The Labute approximate surface area is 77.5 Å². The third kappa shape index (κ3) is 1.38. The summed E-state index contributed by atoms with van der Waals surface area (Å²) in [6.45, 7) is 0. The second-order valence-electron chi connectivity index (χ2n) is 2.30. The van der Waals surface area contributed by atoms with Crippen LogP contribution < -0.4 is 0 Å². The maximum atomic E-state index is 4.49. The highest BCUT2D eigenvalue weighted by atomic mass is 79.9. The van der Waals surface area contributed by atoms with Gasteiger partial charge in [-0.25, -0.2) is 4.63 Å². The predicted molar refractivity (Wildman–Crippen MR) is 47.4 cm³/mol. The fourth-order valence-electron chi connectivity index (χ4n) is 0.940. The summed E-state index contributed by atoms with van der Waals surface area (Å²) in [5.41, 5.74) is 1.74. The zero-order valence-corrected chi connectivity index (χ0v) is 7.65. The molecule has 0 N–H and O–H groups in total. The molecule has 0 bridgehead atoms. The Kier molecular flexibility index (Phi) is 1.91. The van der Waals surface area contributed by atoms with Gasteiger partial charge in [-0.1, -0.05) is 33.2 Å². The number of nitrogens with zero attached hydrogens (tertiary/aromatic N) is 2. The maximum Gasteiger partial charge on any atom is 0.135 e. The van der Waals surface area contributed by atoms with Gasteiger partial charge in [-0.3, -0.25) is 0 Å². The Morgan fingerprint density at radius 3 is 2.92 bits per heavy atom. The van der Waals surface area contributed by atoms with Gasteiger partial charge >= 0.3 is 0 Å². The van der Waals surface area contributed by atoms with Crippen molar-refractivity contribution in [3.63, 3.8) is 0 Å². The molecule has 1 aromatic heterocycles. The van der Waals surface area contributed by atoms with Gasteiger partial charge in [0.25, 0.3) is 0 Å². The van der Waals surface area contributed by atoms with Crippen molar-refractivity contribution in [1.82, 2.24) is 10.3 Å². The van der Waals surface area contributed by atoms with Crippen LogP contribution in [0.4, 0.5) is 0 Å². The van der Waals surface area contributed by atoms with Gasteiger partial charge in [0, 0.05) is 10.0 Å². The van der Waals surface area contributed by atoms with E-state index in [0.29, 0.717) is 0 Å². The Morgan fingerprint density at radius 2 is 2.25 bits per heavy atom. The molecule has 0 radical (unpaired) electrons. The molecule has 2 aromatic rings. The van der Waals surface area contributed by atoms with E-state index in [4.69, 9.17) is 0 Å². The molecule has 12 heavy (non-hydrogen) atoms. The van der Waals surface area contributed by atoms with Crippen LogP contribution in [0.1, 0.15) is 0 Å². The summed E-state index contributed by atoms with van der Waals surface area (Å²) in [6.07, 6.45) is 1.59. The summed E-state index contributed by atoms with van der Waals surface area (Å²) < 4.78 is 5.51. The van der Waals surface area contributed by atoms with Gasteiger partial charge in [0.1, 0.15) is 5.69 Å². The average Bonchev–Trinajstić information content (AvgIpc) is 2.56. The van der Waals surface area contributed by atoms with Gasteiger partial charge in [0.05, 0.1) is 6.20 Å². The van der Waals surface area contributed by atoms with Crippen LogP contribution in [0.3, 0.4) is 0 Å². The second-order valence-corrected chi connectivity index (χ2v) is 3.22. The lowest BCUT2D eigenvalue weighted by Gasteiger charge is -1.93. The summed E-state index contributed by atoms with van der Waals surface area (Å²) in [5.74, 6) is 0. The molecule has 60 valence electrons. The first-order valence-electron chi connectivity index (χ1n) is 3.40. The van der Waals surface area contributed by atoms with Crippen molar-refractivity contribution >= 4 is 15.9 Å². The van der Waals surface area contributed by atoms with E-state index in [1.807, 2.05) is 24.3 Å². The van der Waals surface area contributed by atoms with Gasteiger partial charge < -0.3 is 0 Å². The molecule has 0 aliphatic rings. The number of halogens is 1. The normalized spacial score (nSPS) is 10.1. The molecular formula is C8H5BrN2O. The highest BCUT2D eigenvalue weighted by Gasteiger charge is 2.00. The topological polar surface area (TPSA) is 38.9 Å². The summed E-state index contributed by atoms with van der Waals surface area (Å²) >= 11 is 3.37. The van der Waals surface area contributed by atoms with Gasteiger partial charge in [0.15, 0.2) is 0 Å². The molecule has 4 heteroatoms. The monoisotopic (exact) mass is 224 g/mol. The smallest absolute Gasteiger partial charge is 0.135 e.